The van der Waals surface area contributed by atoms with Gasteiger partial charge in [0.2, 0.25) is 0 Å². The van der Waals surface area contributed by atoms with Gasteiger partial charge in [-0.3, -0.25) is 4.90 Å². The van der Waals surface area contributed by atoms with E-state index < -0.39 is 5.60 Å². The van der Waals surface area contributed by atoms with E-state index in [0.717, 1.165) is 97.8 Å². The highest BCUT2D eigenvalue weighted by Gasteiger charge is 2.35. The van der Waals surface area contributed by atoms with E-state index in [1.807, 2.05) is 37.9 Å². The number of fused-ring (bicyclic) bond motifs is 1. The normalized spacial score (nSPS) is 18.6. The van der Waals surface area contributed by atoms with Crippen LogP contribution in [-0.2, 0) is 17.7 Å². The lowest BCUT2D eigenvalue weighted by Gasteiger charge is -2.27. The summed E-state index contributed by atoms with van der Waals surface area (Å²) in [6, 6.07) is 8.44. The standard InChI is InChI=1S/C36H48N6O2/c1-6-21-37-24-32-38-23-30(39-32)27-18-16-26(17-19-27)25(7-2)15-20-28-12-9-8-10-13-29-33(28)41-34(40-29)31-14-11-22-42(31)35(43)44-36(3,4)5/h7,15-20,23,31,37H,2,6,8-14,21-22,24H2,1,3-5H3,(H,38,39)(H,40,41)/b25-15+,28-20+/t31-/m0/s1. The van der Waals surface area contributed by atoms with Gasteiger partial charge in [-0.25, -0.2) is 14.8 Å². The van der Waals surface area contributed by atoms with Crippen LogP contribution in [0.1, 0.15) is 107 Å². The molecule has 0 saturated carbocycles. The summed E-state index contributed by atoms with van der Waals surface area (Å²) >= 11 is 0. The molecule has 0 radical (unpaired) electrons. The molecule has 3 heterocycles. The number of nitrogens with one attached hydrogen (secondary N) is 3. The van der Waals surface area contributed by atoms with Crippen molar-refractivity contribution in [2.75, 3.05) is 13.1 Å². The molecule has 8 heteroatoms. The maximum absolute atomic E-state index is 13.0. The van der Waals surface area contributed by atoms with Gasteiger partial charge in [0.1, 0.15) is 17.2 Å². The number of carbonyl (C=O) groups excluding carboxylic acids is 1. The number of hydrogen-bond donors (Lipinski definition) is 3. The van der Waals surface area contributed by atoms with Crippen LogP contribution in [0.4, 0.5) is 4.79 Å². The fourth-order valence-electron chi connectivity index (χ4n) is 6.00. The molecule has 5 rings (SSSR count). The summed E-state index contributed by atoms with van der Waals surface area (Å²) in [5, 5.41) is 3.39. The van der Waals surface area contributed by atoms with Gasteiger partial charge in [0.05, 0.1) is 30.2 Å². The SMILES string of the molecule is C=C/C(=C\C=C1/CCCCCc2[nH]c([C@@H]3CCCN3C(=O)OC(C)(C)C)nc21)c1ccc(-c2cnc(CNCCC)[nH]2)cc1. The van der Waals surface area contributed by atoms with Crippen LogP contribution >= 0.6 is 0 Å². The number of likely N-dealkylation sites (tertiary alicyclic amines) is 1. The van der Waals surface area contributed by atoms with E-state index in [0.29, 0.717) is 6.54 Å². The van der Waals surface area contributed by atoms with Crippen LogP contribution in [-0.4, -0.2) is 49.6 Å². The van der Waals surface area contributed by atoms with Crippen molar-refractivity contribution in [3.05, 3.63) is 83.9 Å². The first-order chi connectivity index (χ1) is 21.3. The highest BCUT2D eigenvalue weighted by Crippen LogP contribution is 2.35. The third kappa shape index (κ3) is 7.78. The molecule has 1 aliphatic carbocycles. The average molecular weight is 597 g/mol. The third-order valence-electron chi connectivity index (χ3n) is 8.23. The van der Waals surface area contributed by atoms with Gasteiger partial charge >= 0.3 is 6.09 Å². The Morgan fingerprint density at radius 1 is 1.14 bits per heavy atom. The molecule has 0 bridgehead atoms. The summed E-state index contributed by atoms with van der Waals surface area (Å²) < 4.78 is 5.72. The second kappa shape index (κ2) is 14.2. The van der Waals surface area contributed by atoms with Crippen molar-refractivity contribution in [3.8, 4) is 11.3 Å². The Bertz CT molecular complexity index is 1490. The summed E-state index contributed by atoms with van der Waals surface area (Å²) in [6.45, 7) is 14.4. The fraction of sp³-hybridized carbons (Fsp3) is 0.472. The lowest BCUT2D eigenvalue weighted by molar-refractivity contribution is 0.0218. The molecule has 3 aromatic rings. The van der Waals surface area contributed by atoms with Crippen molar-refractivity contribution >= 4 is 17.2 Å². The zero-order valence-corrected chi connectivity index (χ0v) is 26.8. The number of allylic oxidation sites excluding steroid dienone is 5. The molecule has 2 aliphatic rings. The molecule has 1 atom stereocenters. The molecule has 1 amide bonds. The Hall–Kier alpha value is -3.91. The first-order valence-electron chi connectivity index (χ1n) is 16.2. The first-order valence-corrected chi connectivity index (χ1v) is 16.2. The minimum Gasteiger partial charge on any atom is -0.444 e. The van der Waals surface area contributed by atoms with Gasteiger partial charge in [-0.1, -0.05) is 62.4 Å². The molecule has 1 saturated heterocycles. The fourth-order valence-corrected chi connectivity index (χ4v) is 6.00. The molecule has 1 aliphatic heterocycles. The Kier molecular flexibility index (Phi) is 10.2. The molecule has 234 valence electrons. The number of ether oxygens (including phenoxy) is 1. The van der Waals surface area contributed by atoms with E-state index in [1.54, 1.807) is 0 Å². The zero-order chi connectivity index (χ0) is 31.1. The lowest BCUT2D eigenvalue weighted by Crippen LogP contribution is -2.36. The Balaban J connectivity index is 1.36. The number of nitrogens with zero attached hydrogens (tertiary/aromatic N) is 3. The van der Waals surface area contributed by atoms with Gasteiger partial charge in [0, 0.05) is 12.2 Å². The Morgan fingerprint density at radius 3 is 2.68 bits per heavy atom. The lowest BCUT2D eigenvalue weighted by atomic mass is 9.95. The molecule has 1 fully saturated rings. The van der Waals surface area contributed by atoms with Gasteiger partial charge in [0.25, 0.3) is 0 Å². The number of imidazole rings is 2. The van der Waals surface area contributed by atoms with Gasteiger partial charge in [-0.15, -0.1) is 0 Å². The Labute approximate surface area is 262 Å². The third-order valence-corrected chi connectivity index (χ3v) is 8.23. The van der Waals surface area contributed by atoms with Crippen molar-refractivity contribution in [2.45, 2.75) is 97.2 Å². The van der Waals surface area contributed by atoms with Crippen LogP contribution in [0.3, 0.4) is 0 Å². The van der Waals surface area contributed by atoms with Crippen LogP contribution in [0.25, 0.3) is 22.4 Å². The Morgan fingerprint density at radius 2 is 1.93 bits per heavy atom. The number of aromatic nitrogens is 4. The summed E-state index contributed by atoms with van der Waals surface area (Å²) in [5.74, 6) is 1.82. The molecule has 2 aromatic heterocycles. The van der Waals surface area contributed by atoms with Crippen molar-refractivity contribution in [3.63, 3.8) is 0 Å². The van der Waals surface area contributed by atoms with E-state index >= 15 is 0 Å². The quantitative estimate of drug-likeness (QED) is 0.171. The smallest absolute Gasteiger partial charge is 0.410 e. The van der Waals surface area contributed by atoms with Crippen molar-refractivity contribution in [1.82, 2.24) is 30.2 Å². The number of aromatic amines is 2. The van der Waals surface area contributed by atoms with Crippen LogP contribution in [0, 0.1) is 0 Å². The van der Waals surface area contributed by atoms with Crippen molar-refractivity contribution < 1.29 is 9.53 Å². The predicted molar refractivity (Wildman–Crippen MR) is 178 cm³/mol. The molecule has 44 heavy (non-hydrogen) atoms. The summed E-state index contributed by atoms with van der Waals surface area (Å²) in [5.41, 5.74) is 7.19. The largest absolute Gasteiger partial charge is 0.444 e. The second-order valence-corrected chi connectivity index (χ2v) is 12.9. The van der Waals surface area contributed by atoms with E-state index in [2.05, 4.69) is 70.2 Å². The second-order valence-electron chi connectivity index (χ2n) is 12.9. The highest BCUT2D eigenvalue weighted by atomic mass is 16.6. The van der Waals surface area contributed by atoms with Gasteiger partial charge in [0.15, 0.2) is 0 Å². The number of amides is 1. The molecule has 1 aromatic carbocycles. The predicted octanol–water partition coefficient (Wildman–Crippen LogP) is 8.14. The monoisotopic (exact) mass is 596 g/mol. The number of rotatable bonds is 9. The van der Waals surface area contributed by atoms with Crippen LogP contribution in [0.15, 0.2) is 55.3 Å². The number of H-pyrrole nitrogens is 2. The first kappa shape index (κ1) is 31.5. The van der Waals surface area contributed by atoms with Gasteiger partial charge in [-0.2, -0.15) is 0 Å². The van der Waals surface area contributed by atoms with E-state index in [1.165, 1.54) is 17.7 Å². The van der Waals surface area contributed by atoms with Crippen LogP contribution < -0.4 is 5.32 Å². The number of aryl methyl sites for hydroxylation is 1. The molecule has 3 N–H and O–H groups in total. The zero-order valence-electron chi connectivity index (χ0n) is 26.8. The topological polar surface area (TPSA) is 98.9 Å². The van der Waals surface area contributed by atoms with Gasteiger partial charge < -0.3 is 20.0 Å². The molecule has 8 nitrogen and oxygen atoms in total. The minimum absolute atomic E-state index is 0.0873. The van der Waals surface area contributed by atoms with Crippen LogP contribution in [0.2, 0.25) is 0 Å². The maximum Gasteiger partial charge on any atom is 0.410 e. The van der Waals surface area contributed by atoms with Crippen molar-refractivity contribution in [2.24, 2.45) is 0 Å². The minimum atomic E-state index is -0.526. The molecular weight excluding hydrogens is 548 g/mol. The number of benzene rings is 1. The van der Waals surface area contributed by atoms with E-state index in [4.69, 9.17) is 9.72 Å². The molecule has 0 unspecified atom stereocenters. The summed E-state index contributed by atoms with van der Waals surface area (Å²) in [4.78, 5) is 31.6. The molecular formula is C36H48N6O2. The van der Waals surface area contributed by atoms with Gasteiger partial charge in [-0.05, 0) is 94.5 Å². The number of carbonyl (C=O) groups is 1. The van der Waals surface area contributed by atoms with E-state index in [-0.39, 0.29) is 12.1 Å². The summed E-state index contributed by atoms with van der Waals surface area (Å²) in [6.07, 6.45) is 16.2. The molecule has 0 spiro atoms. The maximum atomic E-state index is 13.0. The van der Waals surface area contributed by atoms with Crippen molar-refractivity contribution in [1.29, 1.82) is 0 Å². The number of hydrogen-bond acceptors (Lipinski definition) is 5. The summed E-state index contributed by atoms with van der Waals surface area (Å²) in [7, 11) is 0. The highest BCUT2D eigenvalue weighted by molar-refractivity contribution is 5.79. The van der Waals surface area contributed by atoms with Crippen LogP contribution in [0.5, 0.6) is 0 Å². The van der Waals surface area contributed by atoms with E-state index in [9.17, 15) is 4.79 Å². The average Bonchev–Trinajstić information content (AvgIpc) is 3.75.